The monoisotopic (exact) mass is 342 g/mol. The lowest BCUT2D eigenvalue weighted by molar-refractivity contribution is 0.117. The number of anilines is 1. The van der Waals surface area contributed by atoms with Gasteiger partial charge in [-0.3, -0.25) is 0 Å². The summed E-state index contributed by atoms with van der Waals surface area (Å²) in [6.45, 7) is 4.33. The fourth-order valence-electron chi connectivity index (χ4n) is 2.49. The first kappa shape index (κ1) is 18.8. The van der Waals surface area contributed by atoms with Crippen molar-refractivity contribution in [3.63, 3.8) is 0 Å². The van der Waals surface area contributed by atoms with Crippen LogP contribution in [0.2, 0.25) is 0 Å². The standard InChI is InChI=1S/C20H26N2O3/c1-14(2)18(23)11-12-21-20(24)22-16-8-6-7-15(13-16)17-9-4-5-10-19(17)25-3/h4-10,13-14,18,23H,11-12H2,1-3H3,(H2,21,22,24). The van der Waals surface area contributed by atoms with Gasteiger partial charge in [-0.25, -0.2) is 4.79 Å². The lowest BCUT2D eigenvalue weighted by atomic mass is 10.0. The van der Waals surface area contributed by atoms with E-state index in [4.69, 9.17) is 4.74 Å². The van der Waals surface area contributed by atoms with Gasteiger partial charge in [0.25, 0.3) is 0 Å². The lowest BCUT2D eigenvalue weighted by Crippen LogP contribution is -2.32. The van der Waals surface area contributed by atoms with Gasteiger partial charge in [0, 0.05) is 17.8 Å². The maximum Gasteiger partial charge on any atom is 0.319 e. The Bertz CT molecular complexity index is 701. The van der Waals surface area contributed by atoms with Gasteiger partial charge in [-0.15, -0.1) is 0 Å². The number of rotatable bonds is 7. The smallest absolute Gasteiger partial charge is 0.319 e. The number of amides is 2. The zero-order valence-corrected chi connectivity index (χ0v) is 15.0. The number of benzene rings is 2. The predicted octanol–water partition coefficient (Wildman–Crippen LogP) is 3.89. The molecule has 2 rings (SSSR count). The molecule has 0 spiro atoms. The number of aliphatic hydroxyl groups excluding tert-OH is 1. The molecule has 1 atom stereocenters. The van der Waals surface area contributed by atoms with Gasteiger partial charge in [0.2, 0.25) is 0 Å². The molecule has 0 fully saturated rings. The van der Waals surface area contributed by atoms with Crippen LogP contribution in [-0.2, 0) is 0 Å². The van der Waals surface area contributed by atoms with Gasteiger partial charge in [0.1, 0.15) is 5.75 Å². The first-order valence-corrected chi connectivity index (χ1v) is 8.47. The molecule has 2 aromatic carbocycles. The Hall–Kier alpha value is -2.53. The molecule has 0 aliphatic carbocycles. The molecule has 5 heteroatoms. The van der Waals surface area contributed by atoms with Gasteiger partial charge >= 0.3 is 6.03 Å². The number of para-hydroxylation sites is 1. The van der Waals surface area contributed by atoms with Gasteiger partial charge in [-0.1, -0.05) is 44.2 Å². The fourth-order valence-corrected chi connectivity index (χ4v) is 2.49. The number of carbonyl (C=O) groups excluding carboxylic acids is 1. The number of aliphatic hydroxyl groups is 1. The number of hydrogen-bond donors (Lipinski definition) is 3. The molecule has 134 valence electrons. The van der Waals surface area contributed by atoms with E-state index in [1.807, 2.05) is 62.4 Å². The predicted molar refractivity (Wildman–Crippen MR) is 101 cm³/mol. The highest BCUT2D eigenvalue weighted by atomic mass is 16.5. The lowest BCUT2D eigenvalue weighted by Gasteiger charge is -2.15. The van der Waals surface area contributed by atoms with E-state index in [1.165, 1.54) is 0 Å². The number of ether oxygens (including phenoxy) is 1. The zero-order chi connectivity index (χ0) is 18.2. The highest BCUT2D eigenvalue weighted by Crippen LogP contribution is 2.30. The van der Waals surface area contributed by atoms with Crippen molar-refractivity contribution < 1.29 is 14.6 Å². The SMILES string of the molecule is COc1ccccc1-c1cccc(NC(=O)NCCC(O)C(C)C)c1. The van der Waals surface area contributed by atoms with Crippen molar-refractivity contribution in [2.45, 2.75) is 26.4 Å². The quantitative estimate of drug-likeness (QED) is 0.715. The largest absolute Gasteiger partial charge is 0.496 e. The first-order valence-electron chi connectivity index (χ1n) is 8.47. The molecule has 0 aliphatic heterocycles. The van der Waals surface area contributed by atoms with Crippen molar-refractivity contribution in [2.24, 2.45) is 5.92 Å². The van der Waals surface area contributed by atoms with Crippen LogP contribution in [0.1, 0.15) is 20.3 Å². The third-order valence-electron chi connectivity index (χ3n) is 4.03. The molecular weight excluding hydrogens is 316 g/mol. The average Bonchev–Trinajstić information content (AvgIpc) is 2.61. The molecule has 3 N–H and O–H groups in total. The van der Waals surface area contributed by atoms with E-state index in [1.54, 1.807) is 7.11 Å². The van der Waals surface area contributed by atoms with Gasteiger partial charge in [-0.2, -0.15) is 0 Å². The molecule has 2 aromatic rings. The topological polar surface area (TPSA) is 70.6 Å². The van der Waals surface area contributed by atoms with Crippen LogP contribution in [0.25, 0.3) is 11.1 Å². The summed E-state index contributed by atoms with van der Waals surface area (Å²) in [5.41, 5.74) is 2.63. The van der Waals surface area contributed by atoms with Crippen LogP contribution in [0, 0.1) is 5.92 Å². The number of hydrogen-bond acceptors (Lipinski definition) is 3. The second-order valence-corrected chi connectivity index (χ2v) is 6.26. The average molecular weight is 342 g/mol. The maximum absolute atomic E-state index is 12.0. The first-order chi connectivity index (χ1) is 12.0. The maximum atomic E-state index is 12.0. The second kappa shape index (κ2) is 9.08. The third kappa shape index (κ3) is 5.50. The molecule has 0 bridgehead atoms. The summed E-state index contributed by atoms with van der Waals surface area (Å²) in [4.78, 5) is 12.0. The van der Waals surface area contributed by atoms with Gasteiger partial charge in [-0.05, 0) is 36.1 Å². The Kier molecular flexibility index (Phi) is 6.83. The van der Waals surface area contributed by atoms with Crippen LogP contribution < -0.4 is 15.4 Å². The summed E-state index contributed by atoms with van der Waals surface area (Å²) in [6, 6.07) is 15.1. The highest BCUT2D eigenvalue weighted by Gasteiger charge is 2.10. The molecule has 25 heavy (non-hydrogen) atoms. The van der Waals surface area contributed by atoms with Crippen molar-refractivity contribution in [3.05, 3.63) is 48.5 Å². The van der Waals surface area contributed by atoms with E-state index in [0.717, 1.165) is 16.9 Å². The Balaban J connectivity index is 1.98. The van der Waals surface area contributed by atoms with Crippen LogP contribution in [0.4, 0.5) is 10.5 Å². The van der Waals surface area contributed by atoms with Crippen molar-refractivity contribution in [3.8, 4) is 16.9 Å². The van der Waals surface area contributed by atoms with Crippen molar-refractivity contribution in [1.29, 1.82) is 0 Å². The van der Waals surface area contributed by atoms with Gasteiger partial charge in [0.15, 0.2) is 0 Å². The molecule has 0 saturated carbocycles. The Morgan fingerprint density at radius 3 is 2.64 bits per heavy atom. The van der Waals surface area contributed by atoms with Crippen molar-refractivity contribution >= 4 is 11.7 Å². The highest BCUT2D eigenvalue weighted by molar-refractivity contribution is 5.90. The van der Waals surface area contributed by atoms with Crippen LogP contribution in [-0.4, -0.2) is 30.9 Å². The summed E-state index contributed by atoms with van der Waals surface area (Å²) in [7, 11) is 1.64. The summed E-state index contributed by atoms with van der Waals surface area (Å²) in [6.07, 6.45) is 0.126. The zero-order valence-electron chi connectivity index (χ0n) is 15.0. The normalized spacial score (nSPS) is 11.9. The van der Waals surface area contributed by atoms with Gasteiger partial charge in [0.05, 0.1) is 13.2 Å². The molecule has 0 aromatic heterocycles. The minimum absolute atomic E-state index is 0.183. The molecule has 0 heterocycles. The Morgan fingerprint density at radius 1 is 1.16 bits per heavy atom. The van der Waals surface area contributed by atoms with Crippen LogP contribution in [0.15, 0.2) is 48.5 Å². The molecule has 0 radical (unpaired) electrons. The van der Waals surface area contributed by atoms with Crippen LogP contribution in [0.5, 0.6) is 5.75 Å². The van der Waals surface area contributed by atoms with E-state index < -0.39 is 6.10 Å². The number of carbonyl (C=O) groups is 1. The van der Waals surface area contributed by atoms with Crippen LogP contribution >= 0.6 is 0 Å². The van der Waals surface area contributed by atoms with E-state index in [0.29, 0.717) is 18.7 Å². The third-order valence-corrected chi connectivity index (χ3v) is 4.03. The summed E-state index contributed by atoms with van der Waals surface area (Å²) >= 11 is 0. The second-order valence-electron chi connectivity index (χ2n) is 6.26. The number of urea groups is 1. The minimum atomic E-state index is -0.408. The molecule has 0 saturated heterocycles. The van der Waals surface area contributed by atoms with Gasteiger partial charge < -0.3 is 20.5 Å². The van der Waals surface area contributed by atoms with Crippen molar-refractivity contribution in [2.75, 3.05) is 19.0 Å². The number of nitrogens with one attached hydrogen (secondary N) is 2. The number of methoxy groups -OCH3 is 1. The van der Waals surface area contributed by atoms with E-state index >= 15 is 0 Å². The molecule has 5 nitrogen and oxygen atoms in total. The summed E-state index contributed by atoms with van der Waals surface area (Å²) < 4.78 is 5.39. The fraction of sp³-hybridized carbons (Fsp3) is 0.350. The minimum Gasteiger partial charge on any atom is -0.496 e. The summed E-state index contributed by atoms with van der Waals surface area (Å²) in [5.74, 6) is 0.967. The molecular formula is C20H26N2O3. The molecule has 2 amide bonds. The molecule has 1 unspecified atom stereocenters. The molecule has 0 aliphatic rings. The van der Waals surface area contributed by atoms with Crippen molar-refractivity contribution in [1.82, 2.24) is 5.32 Å². The van der Waals surface area contributed by atoms with E-state index in [9.17, 15) is 9.90 Å². The van der Waals surface area contributed by atoms with Crippen LogP contribution in [0.3, 0.4) is 0 Å². The Labute approximate surface area is 149 Å². The summed E-state index contributed by atoms with van der Waals surface area (Å²) in [5, 5.41) is 15.3. The Morgan fingerprint density at radius 2 is 1.92 bits per heavy atom. The van der Waals surface area contributed by atoms with E-state index in [-0.39, 0.29) is 11.9 Å². The van der Waals surface area contributed by atoms with E-state index in [2.05, 4.69) is 10.6 Å².